The maximum atomic E-state index is 13.6. The Morgan fingerprint density at radius 3 is 2.76 bits per heavy atom. The fourth-order valence-electron chi connectivity index (χ4n) is 2.89. The van der Waals surface area contributed by atoms with Crippen molar-refractivity contribution in [2.24, 2.45) is 0 Å². The second-order valence-electron chi connectivity index (χ2n) is 6.48. The van der Waals surface area contributed by atoms with E-state index in [1.165, 1.54) is 34.9 Å². The van der Waals surface area contributed by atoms with Gasteiger partial charge in [-0.05, 0) is 18.9 Å². The fraction of sp³-hybridized carbons (Fsp3) is 0.222. The molecule has 0 amide bonds. The summed E-state index contributed by atoms with van der Waals surface area (Å²) in [5, 5.41) is 4.33. The van der Waals surface area contributed by atoms with E-state index in [0.29, 0.717) is 22.6 Å². The van der Waals surface area contributed by atoms with E-state index in [1.54, 1.807) is 0 Å². The summed E-state index contributed by atoms with van der Waals surface area (Å²) in [6.07, 6.45) is 6.25. The molecular weight excluding hydrogens is 402 g/mol. The van der Waals surface area contributed by atoms with Crippen LogP contribution in [0.1, 0.15) is 24.8 Å². The maximum absolute atomic E-state index is 13.6. The molecule has 1 aliphatic carbocycles. The van der Waals surface area contributed by atoms with Crippen molar-refractivity contribution in [3.05, 3.63) is 58.6 Å². The molecule has 0 unspecified atom stereocenters. The second kappa shape index (κ2) is 6.99. The molecule has 0 bridgehead atoms. The van der Waals surface area contributed by atoms with E-state index in [9.17, 15) is 13.6 Å². The summed E-state index contributed by atoms with van der Waals surface area (Å²) in [6, 6.07) is 1.85. The molecule has 3 aromatic heterocycles. The van der Waals surface area contributed by atoms with Crippen LogP contribution in [0.3, 0.4) is 0 Å². The van der Waals surface area contributed by atoms with Gasteiger partial charge in [0.25, 0.3) is 5.56 Å². The topological polar surface area (TPSA) is 99.6 Å². The Morgan fingerprint density at radius 2 is 2.00 bits per heavy atom. The molecule has 3 heterocycles. The molecular formula is C18H12F2N6O2S. The monoisotopic (exact) mass is 414 g/mol. The Balaban J connectivity index is 1.47. The van der Waals surface area contributed by atoms with Crippen molar-refractivity contribution in [3.63, 3.8) is 0 Å². The molecule has 1 saturated carbocycles. The number of aromatic nitrogens is 6. The van der Waals surface area contributed by atoms with Gasteiger partial charge in [0.2, 0.25) is 11.7 Å². The van der Waals surface area contributed by atoms with E-state index < -0.39 is 11.6 Å². The summed E-state index contributed by atoms with van der Waals surface area (Å²) in [5.41, 5.74) is 0.201. The van der Waals surface area contributed by atoms with Gasteiger partial charge in [-0.3, -0.25) is 14.3 Å². The van der Waals surface area contributed by atoms with Gasteiger partial charge < -0.3 is 4.52 Å². The van der Waals surface area contributed by atoms with Crippen LogP contribution in [0.25, 0.3) is 22.4 Å². The predicted octanol–water partition coefficient (Wildman–Crippen LogP) is 3.14. The molecule has 0 saturated heterocycles. The van der Waals surface area contributed by atoms with Crippen molar-refractivity contribution in [2.45, 2.75) is 29.8 Å². The van der Waals surface area contributed by atoms with Crippen LogP contribution < -0.4 is 5.56 Å². The van der Waals surface area contributed by atoms with Crippen LogP contribution in [0, 0.1) is 11.6 Å². The van der Waals surface area contributed by atoms with Crippen LogP contribution in [-0.4, -0.2) is 29.7 Å². The number of hydrogen-bond donors (Lipinski definition) is 0. The third-order valence-electron chi connectivity index (χ3n) is 4.41. The fourth-order valence-corrected chi connectivity index (χ4v) is 3.79. The van der Waals surface area contributed by atoms with Gasteiger partial charge in [0.15, 0.2) is 16.8 Å². The minimum absolute atomic E-state index is 0.00727. The Labute approximate surface area is 166 Å². The van der Waals surface area contributed by atoms with Gasteiger partial charge in [-0.25, -0.2) is 18.7 Å². The lowest BCUT2D eigenvalue weighted by Gasteiger charge is -2.11. The van der Waals surface area contributed by atoms with Crippen LogP contribution in [0.2, 0.25) is 0 Å². The maximum Gasteiger partial charge on any atom is 0.262 e. The van der Waals surface area contributed by atoms with Crippen LogP contribution in [0.4, 0.5) is 8.78 Å². The summed E-state index contributed by atoms with van der Waals surface area (Å²) in [6.45, 7) is 0. The Hall–Kier alpha value is -3.21. The number of thioether (sulfide) groups is 1. The highest BCUT2D eigenvalue weighted by Gasteiger charge is 2.29. The molecule has 1 fully saturated rings. The number of fused-ring (bicyclic) bond motifs is 1. The van der Waals surface area contributed by atoms with E-state index in [-0.39, 0.29) is 28.3 Å². The van der Waals surface area contributed by atoms with Crippen LogP contribution >= 0.6 is 11.8 Å². The average molecular weight is 414 g/mol. The van der Waals surface area contributed by atoms with Crippen LogP contribution in [-0.2, 0) is 5.75 Å². The molecule has 8 nitrogen and oxygen atoms in total. The first-order valence-electron chi connectivity index (χ1n) is 8.73. The van der Waals surface area contributed by atoms with E-state index in [4.69, 9.17) is 4.52 Å². The number of halogens is 2. The third kappa shape index (κ3) is 3.37. The first kappa shape index (κ1) is 17.9. The van der Waals surface area contributed by atoms with Crippen molar-refractivity contribution >= 4 is 22.7 Å². The van der Waals surface area contributed by atoms with Gasteiger partial charge in [-0.15, -0.1) is 0 Å². The van der Waals surface area contributed by atoms with E-state index in [1.807, 2.05) is 0 Å². The average Bonchev–Trinajstić information content (AvgIpc) is 3.45. The lowest BCUT2D eigenvalue weighted by molar-refractivity contribution is 0.391. The zero-order chi connectivity index (χ0) is 20.0. The van der Waals surface area contributed by atoms with Crippen molar-refractivity contribution in [1.82, 2.24) is 29.7 Å². The van der Waals surface area contributed by atoms with E-state index in [2.05, 4.69) is 25.1 Å². The van der Waals surface area contributed by atoms with Crippen molar-refractivity contribution in [3.8, 4) is 11.5 Å². The highest BCUT2D eigenvalue weighted by Crippen LogP contribution is 2.37. The molecule has 1 aromatic carbocycles. The number of rotatable bonds is 5. The normalized spacial score (nSPS) is 13.9. The molecule has 146 valence electrons. The largest absolute Gasteiger partial charge is 0.338 e. The quantitative estimate of drug-likeness (QED) is 0.363. The van der Waals surface area contributed by atoms with Gasteiger partial charge in [-0.1, -0.05) is 16.9 Å². The van der Waals surface area contributed by atoms with E-state index in [0.717, 1.165) is 25.0 Å². The van der Waals surface area contributed by atoms with Crippen molar-refractivity contribution < 1.29 is 13.3 Å². The molecule has 0 atom stereocenters. The highest BCUT2D eigenvalue weighted by molar-refractivity contribution is 7.98. The first-order valence-corrected chi connectivity index (χ1v) is 9.72. The molecule has 0 N–H and O–H groups in total. The zero-order valence-electron chi connectivity index (χ0n) is 14.7. The van der Waals surface area contributed by atoms with Gasteiger partial charge in [0.1, 0.15) is 5.69 Å². The van der Waals surface area contributed by atoms with Gasteiger partial charge in [-0.2, -0.15) is 4.98 Å². The minimum Gasteiger partial charge on any atom is -0.338 e. The molecule has 29 heavy (non-hydrogen) atoms. The molecule has 1 aliphatic rings. The summed E-state index contributed by atoms with van der Waals surface area (Å²) in [5.74, 6) is -1.24. The number of benzene rings is 1. The summed E-state index contributed by atoms with van der Waals surface area (Å²) in [7, 11) is 0. The Kier molecular flexibility index (Phi) is 4.31. The molecule has 0 aliphatic heterocycles. The summed E-state index contributed by atoms with van der Waals surface area (Å²) in [4.78, 5) is 29.6. The number of hydrogen-bond acceptors (Lipinski definition) is 8. The Bertz CT molecular complexity index is 1270. The predicted molar refractivity (Wildman–Crippen MR) is 99.1 cm³/mol. The molecule has 4 aromatic rings. The molecule has 11 heteroatoms. The van der Waals surface area contributed by atoms with E-state index >= 15 is 0 Å². The smallest absolute Gasteiger partial charge is 0.262 e. The zero-order valence-corrected chi connectivity index (χ0v) is 15.6. The highest BCUT2D eigenvalue weighted by atomic mass is 32.2. The third-order valence-corrected chi connectivity index (χ3v) is 5.34. The molecule has 0 radical (unpaired) electrons. The van der Waals surface area contributed by atoms with Gasteiger partial charge >= 0.3 is 0 Å². The van der Waals surface area contributed by atoms with Crippen molar-refractivity contribution in [2.75, 3.05) is 0 Å². The lowest BCUT2D eigenvalue weighted by Crippen LogP contribution is -2.22. The SMILES string of the molecule is O=c1c2cc(F)c(F)cc2nc(SCc2nc(-c3cnccn3)no2)n1C1CC1. The Morgan fingerprint density at radius 1 is 1.17 bits per heavy atom. The molecule has 5 rings (SSSR count). The van der Waals surface area contributed by atoms with Crippen LogP contribution in [0.5, 0.6) is 0 Å². The minimum atomic E-state index is -1.07. The summed E-state index contributed by atoms with van der Waals surface area (Å²) < 4.78 is 34.0. The van der Waals surface area contributed by atoms with Gasteiger partial charge in [0.05, 0.1) is 22.9 Å². The first-order chi connectivity index (χ1) is 14.1. The number of nitrogens with zero attached hydrogens (tertiary/aromatic N) is 6. The lowest BCUT2D eigenvalue weighted by atomic mass is 10.2. The summed E-state index contributed by atoms with van der Waals surface area (Å²) >= 11 is 1.22. The van der Waals surface area contributed by atoms with Crippen molar-refractivity contribution in [1.29, 1.82) is 0 Å². The van der Waals surface area contributed by atoms with Crippen LogP contribution in [0.15, 0.2) is 45.2 Å². The second-order valence-corrected chi connectivity index (χ2v) is 7.42. The molecule has 0 spiro atoms. The standard InChI is InChI=1S/C18H12F2N6O2S/c19-11-5-10-13(6-12(11)20)23-18(26(17(10)27)9-1-2-9)29-8-15-24-16(25-28-15)14-7-21-3-4-22-14/h3-7,9H,1-2,8H2. The van der Waals surface area contributed by atoms with Gasteiger partial charge in [0, 0.05) is 24.5 Å².